The number of aliphatic hydroxyl groups excluding tert-OH is 1. The highest BCUT2D eigenvalue weighted by molar-refractivity contribution is 5.74. The monoisotopic (exact) mass is 186 g/mol. The van der Waals surface area contributed by atoms with Gasteiger partial charge in [0, 0.05) is 18.5 Å². The van der Waals surface area contributed by atoms with Gasteiger partial charge in [-0.2, -0.15) is 0 Å². The van der Waals surface area contributed by atoms with Crippen molar-refractivity contribution in [1.82, 2.24) is 5.32 Å². The Morgan fingerprint density at radius 1 is 1.69 bits per heavy atom. The van der Waals surface area contributed by atoms with Crippen molar-refractivity contribution in [3.8, 4) is 0 Å². The highest BCUT2D eigenvalue weighted by Gasteiger charge is 2.26. The quantitative estimate of drug-likeness (QED) is 0.567. The van der Waals surface area contributed by atoms with E-state index in [1.165, 1.54) is 0 Å². The predicted molar refractivity (Wildman–Crippen MR) is 50.1 cm³/mol. The van der Waals surface area contributed by atoms with Gasteiger partial charge in [-0.05, 0) is 26.2 Å². The minimum absolute atomic E-state index is 0.0650. The molecule has 13 heavy (non-hydrogen) atoms. The molecule has 1 saturated carbocycles. The first-order valence-electron chi connectivity index (χ1n) is 4.82. The average molecular weight is 186 g/mol. The molecule has 4 heteroatoms. The van der Waals surface area contributed by atoms with Gasteiger partial charge in [-0.1, -0.05) is 0 Å². The largest absolute Gasteiger partial charge is 0.392 e. The van der Waals surface area contributed by atoms with Crippen LogP contribution in [0.4, 0.5) is 0 Å². The zero-order chi connectivity index (χ0) is 9.84. The second kappa shape index (κ2) is 4.58. The number of nitrogens with two attached hydrogens (primary N) is 1. The maximum absolute atomic E-state index is 10.6. The van der Waals surface area contributed by atoms with E-state index in [0.717, 1.165) is 19.3 Å². The summed E-state index contributed by atoms with van der Waals surface area (Å²) in [4.78, 5) is 10.6. The van der Waals surface area contributed by atoms with Gasteiger partial charge in [-0.3, -0.25) is 4.79 Å². The van der Waals surface area contributed by atoms with E-state index in [2.05, 4.69) is 5.32 Å². The van der Waals surface area contributed by atoms with E-state index in [1.54, 1.807) is 0 Å². The molecule has 1 aliphatic rings. The Bertz CT molecular complexity index is 184. The molecular formula is C9H18N2O2. The second-order valence-corrected chi connectivity index (χ2v) is 3.84. The summed E-state index contributed by atoms with van der Waals surface area (Å²) in [5, 5.41) is 12.7. The fourth-order valence-corrected chi connectivity index (χ4v) is 1.86. The SMILES string of the molecule is CC(CC(N)=O)N[C@@H]1CCC[C@H]1O. The summed E-state index contributed by atoms with van der Waals surface area (Å²) >= 11 is 0. The van der Waals surface area contributed by atoms with Crippen LogP contribution in [0.25, 0.3) is 0 Å². The third-order valence-corrected chi connectivity index (χ3v) is 2.49. The molecule has 0 saturated heterocycles. The zero-order valence-corrected chi connectivity index (χ0v) is 7.99. The third-order valence-electron chi connectivity index (χ3n) is 2.49. The normalized spacial score (nSPS) is 30.3. The molecule has 0 radical (unpaired) electrons. The fraction of sp³-hybridized carbons (Fsp3) is 0.889. The molecule has 3 atom stereocenters. The number of amides is 1. The van der Waals surface area contributed by atoms with Crippen LogP contribution < -0.4 is 11.1 Å². The van der Waals surface area contributed by atoms with Crippen molar-refractivity contribution in [2.45, 2.75) is 50.8 Å². The van der Waals surface area contributed by atoms with E-state index in [9.17, 15) is 9.90 Å². The van der Waals surface area contributed by atoms with Crippen LogP contribution in [0.5, 0.6) is 0 Å². The van der Waals surface area contributed by atoms with Gasteiger partial charge in [0.05, 0.1) is 6.10 Å². The number of primary amides is 1. The Hall–Kier alpha value is -0.610. The lowest BCUT2D eigenvalue weighted by molar-refractivity contribution is -0.118. The van der Waals surface area contributed by atoms with E-state index in [4.69, 9.17) is 5.73 Å². The number of hydrogen-bond donors (Lipinski definition) is 3. The smallest absolute Gasteiger partial charge is 0.218 e. The predicted octanol–water partition coefficient (Wildman–Crippen LogP) is -0.247. The maximum atomic E-state index is 10.6. The van der Waals surface area contributed by atoms with E-state index in [1.807, 2.05) is 6.92 Å². The number of carbonyl (C=O) groups excluding carboxylic acids is 1. The summed E-state index contributed by atoms with van der Waals surface area (Å²) < 4.78 is 0. The topological polar surface area (TPSA) is 75.4 Å². The molecule has 0 bridgehead atoms. The molecule has 1 fully saturated rings. The van der Waals surface area contributed by atoms with Crippen molar-refractivity contribution < 1.29 is 9.90 Å². The molecule has 0 aromatic rings. The number of aliphatic hydroxyl groups is 1. The Labute approximate surface area is 78.5 Å². The van der Waals surface area contributed by atoms with Gasteiger partial charge in [0.25, 0.3) is 0 Å². The summed E-state index contributed by atoms with van der Waals surface area (Å²) in [5.74, 6) is -0.299. The molecule has 76 valence electrons. The maximum Gasteiger partial charge on any atom is 0.218 e. The molecule has 1 aliphatic carbocycles. The van der Waals surface area contributed by atoms with Gasteiger partial charge in [0.2, 0.25) is 5.91 Å². The Morgan fingerprint density at radius 3 is 2.85 bits per heavy atom. The Morgan fingerprint density at radius 2 is 2.38 bits per heavy atom. The number of rotatable bonds is 4. The van der Waals surface area contributed by atoms with E-state index in [-0.39, 0.29) is 24.1 Å². The second-order valence-electron chi connectivity index (χ2n) is 3.84. The summed E-state index contributed by atoms with van der Waals surface area (Å²) in [6, 6.07) is 0.213. The van der Waals surface area contributed by atoms with E-state index >= 15 is 0 Å². The highest BCUT2D eigenvalue weighted by atomic mass is 16.3. The molecule has 0 aromatic carbocycles. The fourth-order valence-electron chi connectivity index (χ4n) is 1.86. The lowest BCUT2D eigenvalue weighted by atomic mass is 10.1. The minimum atomic E-state index is -0.299. The first-order chi connectivity index (χ1) is 6.09. The first-order valence-corrected chi connectivity index (χ1v) is 4.82. The van der Waals surface area contributed by atoms with Crippen LogP contribution in [0.3, 0.4) is 0 Å². The minimum Gasteiger partial charge on any atom is -0.392 e. The molecule has 4 N–H and O–H groups in total. The molecule has 4 nitrogen and oxygen atoms in total. The van der Waals surface area contributed by atoms with Crippen molar-refractivity contribution in [2.75, 3.05) is 0 Å². The van der Waals surface area contributed by atoms with Crippen molar-refractivity contribution in [3.63, 3.8) is 0 Å². The van der Waals surface area contributed by atoms with Crippen LogP contribution in [0.2, 0.25) is 0 Å². The van der Waals surface area contributed by atoms with Gasteiger partial charge >= 0.3 is 0 Å². The van der Waals surface area contributed by atoms with Gasteiger partial charge < -0.3 is 16.2 Å². The molecule has 1 unspecified atom stereocenters. The summed E-state index contributed by atoms with van der Waals surface area (Å²) in [7, 11) is 0. The van der Waals surface area contributed by atoms with Crippen molar-refractivity contribution in [1.29, 1.82) is 0 Å². The average Bonchev–Trinajstić information content (AvgIpc) is 2.34. The number of hydrogen-bond acceptors (Lipinski definition) is 3. The van der Waals surface area contributed by atoms with Gasteiger partial charge in [0.1, 0.15) is 0 Å². The van der Waals surface area contributed by atoms with E-state index < -0.39 is 0 Å². The lowest BCUT2D eigenvalue weighted by Crippen LogP contribution is -2.42. The zero-order valence-electron chi connectivity index (χ0n) is 7.99. The molecular weight excluding hydrogens is 168 g/mol. The number of carbonyl (C=O) groups is 1. The summed E-state index contributed by atoms with van der Waals surface area (Å²) in [5.41, 5.74) is 5.06. The van der Waals surface area contributed by atoms with Gasteiger partial charge in [0.15, 0.2) is 0 Å². The third kappa shape index (κ3) is 3.32. The van der Waals surface area contributed by atoms with Gasteiger partial charge in [-0.15, -0.1) is 0 Å². The molecule has 0 aromatic heterocycles. The molecule has 0 heterocycles. The standard InChI is InChI=1S/C9H18N2O2/c1-6(5-9(10)13)11-7-3-2-4-8(7)12/h6-8,11-12H,2-5H2,1H3,(H2,10,13)/t6?,7-,8-/m1/s1. The van der Waals surface area contributed by atoms with Crippen molar-refractivity contribution in [3.05, 3.63) is 0 Å². The molecule has 0 aliphatic heterocycles. The van der Waals surface area contributed by atoms with Crippen LogP contribution in [0, 0.1) is 0 Å². The van der Waals surface area contributed by atoms with Gasteiger partial charge in [-0.25, -0.2) is 0 Å². The van der Waals surface area contributed by atoms with Crippen LogP contribution in [-0.2, 0) is 4.79 Å². The lowest BCUT2D eigenvalue weighted by Gasteiger charge is -2.20. The van der Waals surface area contributed by atoms with Crippen molar-refractivity contribution >= 4 is 5.91 Å². The van der Waals surface area contributed by atoms with Crippen LogP contribution in [0.1, 0.15) is 32.6 Å². The Kier molecular flexibility index (Phi) is 3.69. The van der Waals surface area contributed by atoms with Crippen LogP contribution >= 0.6 is 0 Å². The van der Waals surface area contributed by atoms with Crippen LogP contribution in [0.15, 0.2) is 0 Å². The van der Waals surface area contributed by atoms with E-state index in [0.29, 0.717) is 6.42 Å². The van der Waals surface area contributed by atoms with Crippen molar-refractivity contribution in [2.24, 2.45) is 5.73 Å². The first kappa shape index (κ1) is 10.5. The Balaban J connectivity index is 2.26. The summed E-state index contributed by atoms with van der Waals surface area (Å²) in [6.45, 7) is 1.91. The van der Waals surface area contributed by atoms with Crippen LogP contribution in [-0.4, -0.2) is 29.2 Å². The molecule has 0 spiro atoms. The molecule has 1 rings (SSSR count). The molecule has 1 amide bonds. The highest BCUT2D eigenvalue weighted by Crippen LogP contribution is 2.19. The number of nitrogens with one attached hydrogen (secondary N) is 1. The summed E-state index contributed by atoms with van der Waals surface area (Å²) in [6.07, 6.45) is 2.99.